The Kier molecular flexibility index (Phi) is 7.40. The molecule has 0 aromatic heterocycles. The van der Waals surface area contributed by atoms with Crippen molar-refractivity contribution in [3.05, 3.63) is 88.4 Å². The molecule has 0 saturated heterocycles. The van der Waals surface area contributed by atoms with Crippen molar-refractivity contribution in [3.8, 4) is 11.5 Å². The van der Waals surface area contributed by atoms with E-state index in [9.17, 15) is 13.2 Å². The van der Waals surface area contributed by atoms with Crippen molar-refractivity contribution in [2.24, 2.45) is 5.14 Å². The number of nitrogens with one attached hydrogen (secondary N) is 1. The minimum absolute atomic E-state index is 0.0110. The van der Waals surface area contributed by atoms with Crippen LogP contribution in [0.1, 0.15) is 34.5 Å². The summed E-state index contributed by atoms with van der Waals surface area (Å²) in [5.74, 6) is 0.578. The zero-order valence-electron chi connectivity index (χ0n) is 17.5. The normalized spacial score (nSPS) is 12.1. The summed E-state index contributed by atoms with van der Waals surface area (Å²) in [4.78, 5) is 12.7. The van der Waals surface area contributed by atoms with Crippen LogP contribution in [0.15, 0.2) is 71.6 Å². The van der Waals surface area contributed by atoms with Crippen LogP contribution in [0, 0.1) is 0 Å². The molecule has 0 unspecified atom stereocenters. The second-order valence-electron chi connectivity index (χ2n) is 7.05. The third-order valence-corrected chi connectivity index (χ3v) is 6.12. The van der Waals surface area contributed by atoms with E-state index in [-0.39, 0.29) is 23.5 Å². The molecule has 1 amide bonds. The van der Waals surface area contributed by atoms with Crippen molar-refractivity contribution in [3.63, 3.8) is 0 Å². The van der Waals surface area contributed by atoms with Crippen LogP contribution in [-0.4, -0.2) is 21.4 Å². The number of ether oxygens (including phenoxy) is 2. The van der Waals surface area contributed by atoms with Crippen LogP contribution in [0.25, 0.3) is 0 Å². The number of hydrogen-bond acceptors (Lipinski definition) is 5. The quantitative estimate of drug-likeness (QED) is 0.511. The minimum atomic E-state index is -3.77. The Labute approximate surface area is 192 Å². The van der Waals surface area contributed by atoms with Gasteiger partial charge in [-0.3, -0.25) is 4.79 Å². The molecule has 0 aliphatic heterocycles. The summed E-state index contributed by atoms with van der Waals surface area (Å²) < 4.78 is 34.0. The summed E-state index contributed by atoms with van der Waals surface area (Å²) in [5, 5.41) is 8.59. The summed E-state index contributed by atoms with van der Waals surface area (Å²) >= 11 is 6.16. The van der Waals surface area contributed by atoms with Crippen molar-refractivity contribution in [1.82, 2.24) is 5.32 Å². The van der Waals surface area contributed by atoms with Crippen LogP contribution in [0.3, 0.4) is 0 Å². The topological polar surface area (TPSA) is 108 Å². The fourth-order valence-corrected chi connectivity index (χ4v) is 3.71. The van der Waals surface area contributed by atoms with Crippen LogP contribution in [0.4, 0.5) is 0 Å². The van der Waals surface area contributed by atoms with Crippen molar-refractivity contribution in [2.45, 2.75) is 24.5 Å². The molecule has 0 saturated carbocycles. The number of rotatable bonds is 8. The standard InChI is InChI=1S/C23H23ClN2O5S/c1-15(16-7-10-19(11-8-16)32(25,28)29)26-23(27)17-9-12-21(22(13-17)30-2)31-14-18-5-3-4-6-20(18)24/h3-13,15H,14H2,1-2H3,(H,26,27)(H2,25,28,29)/t15-/m0/s1. The van der Waals surface area contributed by atoms with Crippen molar-refractivity contribution < 1.29 is 22.7 Å². The lowest BCUT2D eigenvalue weighted by Gasteiger charge is -2.16. The molecule has 3 rings (SSSR count). The van der Waals surface area contributed by atoms with Gasteiger partial charge < -0.3 is 14.8 Å². The molecule has 0 fully saturated rings. The summed E-state index contributed by atoms with van der Waals surface area (Å²) in [6.07, 6.45) is 0. The minimum Gasteiger partial charge on any atom is -0.493 e. The van der Waals surface area contributed by atoms with Gasteiger partial charge in [0.1, 0.15) is 6.61 Å². The highest BCUT2D eigenvalue weighted by molar-refractivity contribution is 7.89. The van der Waals surface area contributed by atoms with Crippen molar-refractivity contribution >= 4 is 27.5 Å². The van der Waals surface area contributed by atoms with Gasteiger partial charge in [0, 0.05) is 16.1 Å². The zero-order chi connectivity index (χ0) is 23.3. The van der Waals surface area contributed by atoms with Gasteiger partial charge >= 0.3 is 0 Å². The highest BCUT2D eigenvalue weighted by atomic mass is 35.5. The van der Waals surface area contributed by atoms with E-state index in [2.05, 4.69) is 5.32 Å². The average molecular weight is 475 g/mol. The molecule has 0 heterocycles. The number of halogens is 1. The zero-order valence-corrected chi connectivity index (χ0v) is 19.1. The molecule has 0 radical (unpaired) electrons. The Bertz CT molecular complexity index is 1210. The molecule has 3 aromatic rings. The summed E-state index contributed by atoms with van der Waals surface area (Å²) in [5.41, 5.74) is 1.96. The van der Waals surface area contributed by atoms with E-state index in [4.69, 9.17) is 26.2 Å². The summed E-state index contributed by atoms with van der Waals surface area (Å²) in [7, 11) is -2.27. The Balaban J connectivity index is 1.69. The molecule has 1 atom stereocenters. The molecular formula is C23H23ClN2O5S. The Morgan fingerprint density at radius 2 is 1.75 bits per heavy atom. The fourth-order valence-electron chi connectivity index (χ4n) is 3.01. The highest BCUT2D eigenvalue weighted by Crippen LogP contribution is 2.30. The second kappa shape index (κ2) is 10.0. The third kappa shape index (κ3) is 5.79. The predicted molar refractivity (Wildman–Crippen MR) is 122 cm³/mol. The van der Waals surface area contributed by atoms with E-state index in [0.29, 0.717) is 22.1 Å². The molecule has 0 spiro atoms. The Morgan fingerprint density at radius 3 is 2.38 bits per heavy atom. The van der Waals surface area contributed by atoms with E-state index in [1.807, 2.05) is 18.2 Å². The number of amides is 1. The maximum atomic E-state index is 12.7. The number of carbonyl (C=O) groups is 1. The Morgan fingerprint density at radius 1 is 1.06 bits per heavy atom. The van der Waals surface area contributed by atoms with E-state index in [1.54, 1.807) is 43.3 Å². The van der Waals surface area contributed by atoms with Gasteiger partial charge in [0.2, 0.25) is 10.0 Å². The first-order chi connectivity index (χ1) is 15.2. The molecule has 3 N–H and O–H groups in total. The molecule has 168 valence electrons. The van der Waals surface area contributed by atoms with E-state index in [0.717, 1.165) is 11.1 Å². The maximum absolute atomic E-state index is 12.7. The van der Waals surface area contributed by atoms with Crippen LogP contribution in [0.2, 0.25) is 5.02 Å². The van der Waals surface area contributed by atoms with Gasteiger partial charge in [0.15, 0.2) is 11.5 Å². The monoisotopic (exact) mass is 474 g/mol. The van der Waals surface area contributed by atoms with Gasteiger partial charge in [-0.2, -0.15) is 0 Å². The number of primary sulfonamides is 1. The molecule has 0 aliphatic carbocycles. The van der Waals surface area contributed by atoms with E-state index < -0.39 is 10.0 Å². The molecular weight excluding hydrogens is 452 g/mol. The molecule has 3 aromatic carbocycles. The molecule has 32 heavy (non-hydrogen) atoms. The van der Waals surface area contributed by atoms with Crippen molar-refractivity contribution in [2.75, 3.05) is 7.11 Å². The fraction of sp³-hybridized carbons (Fsp3) is 0.174. The first-order valence-corrected chi connectivity index (χ1v) is 11.6. The van der Waals surface area contributed by atoms with Gasteiger partial charge in [-0.1, -0.05) is 41.9 Å². The van der Waals surface area contributed by atoms with E-state index >= 15 is 0 Å². The molecule has 0 bridgehead atoms. The first kappa shape index (κ1) is 23.6. The molecule has 0 aliphatic rings. The molecule has 7 nitrogen and oxygen atoms in total. The lowest BCUT2D eigenvalue weighted by molar-refractivity contribution is 0.0939. The smallest absolute Gasteiger partial charge is 0.251 e. The van der Waals surface area contributed by atoms with Gasteiger partial charge in [0.05, 0.1) is 18.0 Å². The van der Waals surface area contributed by atoms with Gasteiger partial charge in [-0.05, 0) is 48.9 Å². The number of benzene rings is 3. The number of nitrogens with two attached hydrogens (primary N) is 1. The summed E-state index contributed by atoms with van der Waals surface area (Å²) in [6.45, 7) is 2.05. The van der Waals surface area contributed by atoms with Gasteiger partial charge in [0.25, 0.3) is 5.91 Å². The largest absolute Gasteiger partial charge is 0.493 e. The van der Waals surface area contributed by atoms with Crippen LogP contribution >= 0.6 is 11.6 Å². The number of methoxy groups -OCH3 is 1. The third-order valence-electron chi connectivity index (χ3n) is 4.82. The van der Waals surface area contributed by atoms with E-state index in [1.165, 1.54) is 19.2 Å². The maximum Gasteiger partial charge on any atom is 0.251 e. The Hall–Kier alpha value is -3.07. The van der Waals surface area contributed by atoms with Gasteiger partial charge in [-0.15, -0.1) is 0 Å². The summed E-state index contributed by atoms with van der Waals surface area (Å²) in [6, 6.07) is 17.9. The first-order valence-electron chi connectivity index (χ1n) is 9.67. The highest BCUT2D eigenvalue weighted by Gasteiger charge is 2.16. The second-order valence-corrected chi connectivity index (χ2v) is 9.02. The lowest BCUT2D eigenvalue weighted by atomic mass is 10.1. The molecule has 9 heteroatoms. The van der Waals surface area contributed by atoms with Crippen LogP contribution < -0.4 is 19.9 Å². The van der Waals surface area contributed by atoms with Crippen LogP contribution in [-0.2, 0) is 16.6 Å². The number of sulfonamides is 1. The lowest BCUT2D eigenvalue weighted by Crippen LogP contribution is -2.26. The number of carbonyl (C=O) groups excluding carboxylic acids is 1. The average Bonchev–Trinajstić information content (AvgIpc) is 2.78. The van der Waals surface area contributed by atoms with Gasteiger partial charge in [-0.25, -0.2) is 13.6 Å². The van der Waals surface area contributed by atoms with Crippen LogP contribution in [0.5, 0.6) is 11.5 Å². The SMILES string of the molecule is COc1cc(C(=O)N[C@@H](C)c2ccc(S(N)(=O)=O)cc2)ccc1OCc1ccccc1Cl. The predicted octanol–water partition coefficient (Wildman–Crippen LogP) is 4.07. The number of hydrogen-bond donors (Lipinski definition) is 2. The van der Waals surface area contributed by atoms with Crippen molar-refractivity contribution in [1.29, 1.82) is 0 Å².